The standard InChI is InChI=1S/C19H25ClN4OS.HI/c1-13(17-8-5-11-26-17)12-23-19(21-3)22-10-9-18(25)24-16-7-4-6-15(20)14(16)2;/h4-8,11,13H,9-10,12H2,1-3H3,(H,24,25)(H2,21,22,23);1H. The van der Waals surface area contributed by atoms with E-state index in [-0.39, 0.29) is 29.9 Å². The van der Waals surface area contributed by atoms with Crippen molar-refractivity contribution in [3.63, 3.8) is 0 Å². The minimum absolute atomic E-state index is 0. The molecule has 0 saturated carbocycles. The number of benzene rings is 1. The SMILES string of the molecule is CN=C(NCCC(=O)Nc1cccc(Cl)c1C)NCC(C)c1cccs1.I. The van der Waals surface area contributed by atoms with Gasteiger partial charge in [0.1, 0.15) is 0 Å². The molecule has 2 rings (SSSR count). The Labute approximate surface area is 187 Å². The second-order valence-electron chi connectivity index (χ2n) is 6.01. The van der Waals surface area contributed by atoms with Crippen molar-refractivity contribution >= 4 is 64.5 Å². The summed E-state index contributed by atoms with van der Waals surface area (Å²) in [7, 11) is 1.72. The van der Waals surface area contributed by atoms with Crippen molar-refractivity contribution in [2.75, 3.05) is 25.5 Å². The monoisotopic (exact) mass is 520 g/mol. The number of halogens is 2. The molecule has 1 heterocycles. The number of rotatable bonds is 7. The van der Waals surface area contributed by atoms with Gasteiger partial charge in [0.15, 0.2) is 5.96 Å². The molecule has 0 fully saturated rings. The molecule has 5 nitrogen and oxygen atoms in total. The Morgan fingerprint density at radius 1 is 1.26 bits per heavy atom. The van der Waals surface area contributed by atoms with Crippen molar-refractivity contribution in [3.05, 3.63) is 51.2 Å². The summed E-state index contributed by atoms with van der Waals surface area (Å²) in [6, 6.07) is 9.67. The molecule has 0 bridgehead atoms. The van der Waals surface area contributed by atoms with Crippen molar-refractivity contribution in [1.82, 2.24) is 10.6 Å². The first-order chi connectivity index (χ1) is 12.5. The van der Waals surface area contributed by atoms with E-state index in [1.807, 2.05) is 19.1 Å². The summed E-state index contributed by atoms with van der Waals surface area (Å²) in [5.74, 6) is 1.04. The predicted octanol–water partition coefficient (Wildman–Crippen LogP) is 4.63. The summed E-state index contributed by atoms with van der Waals surface area (Å²) in [4.78, 5) is 17.6. The highest BCUT2D eigenvalue weighted by Gasteiger charge is 2.09. The summed E-state index contributed by atoms with van der Waals surface area (Å²) >= 11 is 7.82. The highest BCUT2D eigenvalue weighted by Crippen LogP contribution is 2.23. The molecule has 27 heavy (non-hydrogen) atoms. The van der Waals surface area contributed by atoms with Crippen LogP contribution in [0.5, 0.6) is 0 Å². The lowest BCUT2D eigenvalue weighted by Gasteiger charge is -2.15. The molecule has 3 N–H and O–H groups in total. The fourth-order valence-electron chi connectivity index (χ4n) is 2.39. The van der Waals surface area contributed by atoms with Gasteiger partial charge in [-0.15, -0.1) is 35.3 Å². The Morgan fingerprint density at radius 2 is 2.04 bits per heavy atom. The van der Waals surface area contributed by atoms with Gasteiger partial charge in [-0.25, -0.2) is 0 Å². The lowest BCUT2D eigenvalue weighted by Crippen LogP contribution is -2.40. The Kier molecular flexibility index (Phi) is 10.7. The van der Waals surface area contributed by atoms with E-state index in [1.54, 1.807) is 24.5 Å². The predicted molar refractivity (Wildman–Crippen MR) is 127 cm³/mol. The maximum atomic E-state index is 12.1. The van der Waals surface area contributed by atoms with E-state index < -0.39 is 0 Å². The summed E-state index contributed by atoms with van der Waals surface area (Å²) in [5.41, 5.74) is 1.62. The highest BCUT2D eigenvalue weighted by atomic mass is 127. The zero-order chi connectivity index (χ0) is 18.9. The first-order valence-electron chi connectivity index (χ1n) is 8.54. The van der Waals surface area contributed by atoms with E-state index in [2.05, 4.69) is 45.4 Å². The van der Waals surface area contributed by atoms with Crippen LogP contribution in [0.15, 0.2) is 40.7 Å². The fraction of sp³-hybridized carbons (Fsp3) is 0.368. The third-order valence-corrected chi connectivity index (χ3v) is 5.53. The van der Waals surface area contributed by atoms with Crippen LogP contribution < -0.4 is 16.0 Å². The highest BCUT2D eigenvalue weighted by molar-refractivity contribution is 14.0. The van der Waals surface area contributed by atoms with Gasteiger partial charge in [0.2, 0.25) is 5.91 Å². The van der Waals surface area contributed by atoms with Crippen LogP contribution in [0.2, 0.25) is 5.02 Å². The molecule has 0 aliphatic carbocycles. The Hall–Kier alpha value is -1.32. The number of anilines is 1. The Bertz CT molecular complexity index is 752. The van der Waals surface area contributed by atoms with Gasteiger partial charge < -0.3 is 16.0 Å². The molecule has 1 aromatic heterocycles. The number of amides is 1. The molecule has 148 valence electrons. The molecule has 0 aliphatic rings. The second-order valence-corrected chi connectivity index (χ2v) is 7.39. The van der Waals surface area contributed by atoms with E-state index in [9.17, 15) is 4.79 Å². The molecule has 8 heteroatoms. The largest absolute Gasteiger partial charge is 0.356 e. The first-order valence-corrected chi connectivity index (χ1v) is 9.80. The molecular weight excluding hydrogens is 495 g/mol. The average molecular weight is 521 g/mol. The molecule has 0 saturated heterocycles. The van der Waals surface area contributed by atoms with Gasteiger partial charge in [-0.1, -0.05) is 30.7 Å². The van der Waals surface area contributed by atoms with Gasteiger partial charge in [-0.3, -0.25) is 9.79 Å². The van der Waals surface area contributed by atoms with Crippen molar-refractivity contribution in [2.45, 2.75) is 26.2 Å². The number of guanidine groups is 1. The van der Waals surface area contributed by atoms with E-state index in [4.69, 9.17) is 11.6 Å². The molecule has 1 amide bonds. The molecule has 1 unspecified atom stereocenters. The third-order valence-electron chi connectivity index (χ3n) is 4.01. The minimum Gasteiger partial charge on any atom is -0.356 e. The van der Waals surface area contributed by atoms with Crippen LogP contribution in [0.25, 0.3) is 0 Å². The van der Waals surface area contributed by atoms with Gasteiger partial charge in [-0.2, -0.15) is 0 Å². The van der Waals surface area contributed by atoms with Gasteiger partial charge in [0, 0.05) is 48.1 Å². The van der Waals surface area contributed by atoms with E-state index in [1.165, 1.54) is 4.88 Å². The average Bonchev–Trinajstić information content (AvgIpc) is 3.16. The third kappa shape index (κ3) is 7.67. The Morgan fingerprint density at radius 3 is 2.70 bits per heavy atom. The number of hydrogen-bond acceptors (Lipinski definition) is 3. The van der Waals surface area contributed by atoms with Gasteiger partial charge >= 0.3 is 0 Å². The topological polar surface area (TPSA) is 65.5 Å². The molecule has 2 aromatic rings. The smallest absolute Gasteiger partial charge is 0.226 e. The Balaban J connectivity index is 0.00000364. The molecule has 0 aliphatic heterocycles. The fourth-order valence-corrected chi connectivity index (χ4v) is 3.35. The minimum atomic E-state index is -0.0646. The number of nitrogens with zero attached hydrogens (tertiary/aromatic N) is 1. The van der Waals surface area contributed by atoms with Crippen LogP contribution in [0.1, 0.15) is 29.7 Å². The maximum absolute atomic E-state index is 12.1. The van der Waals surface area contributed by atoms with E-state index >= 15 is 0 Å². The van der Waals surface area contributed by atoms with Crippen LogP contribution in [-0.2, 0) is 4.79 Å². The zero-order valence-electron chi connectivity index (χ0n) is 15.7. The molecule has 0 radical (unpaired) electrons. The van der Waals surface area contributed by atoms with Crippen molar-refractivity contribution in [1.29, 1.82) is 0 Å². The van der Waals surface area contributed by atoms with Crippen molar-refractivity contribution in [3.8, 4) is 0 Å². The normalized spacial score (nSPS) is 12.1. The summed E-state index contributed by atoms with van der Waals surface area (Å²) in [6.45, 7) is 5.34. The molecule has 1 atom stereocenters. The molecule has 1 aromatic carbocycles. The summed E-state index contributed by atoms with van der Waals surface area (Å²) < 4.78 is 0. The zero-order valence-corrected chi connectivity index (χ0v) is 19.6. The number of thiophene rings is 1. The van der Waals surface area contributed by atoms with Crippen LogP contribution in [-0.4, -0.2) is 32.0 Å². The van der Waals surface area contributed by atoms with Crippen LogP contribution in [0, 0.1) is 6.92 Å². The number of aliphatic imine (C=N–C) groups is 1. The number of carbonyl (C=O) groups is 1. The first kappa shape index (κ1) is 23.7. The van der Waals surface area contributed by atoms with Crippen molar-refractivity contribution < 1.29 is 4.79 Å². The number of carbonyl (C=O) groups excluding carboxylic acids is 1. The van der Waals surface area contributed by atoms with Crippen molar-refractivity contribution in [2.24, 2.45) is 4.99 Å². The quantitative estimate of drug-likeness (QED) is 0.283. The lowest BCUT2D eigenvalue weighted by molar-refractivity contribution is -0.116. The summed E-state index contributed by atoms with van der Waals surface area (Å²) in [5, 5.41) is 12.1. The van der Waals surface area contributed by atoms with Crippen LogP contribution in [0.3, 0.4) is 0 Å². The summed E-state index contributed by atoms with van der Waals surface area (Å²) in [6.07, 6.45) is 0.340. The van der Waals surface area contributed by atoms with Gasteiger partial charge in [0.05, 0.1) is 0 Å². The number of hydrogen-bond donors (Lipinski definition) is 3. The lowest BCUT2D eigenvalue weighted by atomic mass is 10.1. The van der Waals surface area contributed by atoms with E-state index in [0.717, 1.165) is 17.8 Å². The van der Waals surface area contributed by atoms with E-state index in [0.29, 0.717) is 29.9 Å². The van der Waals surface area contributed by atoms with Gasteiger partial charge in [-0.05, 0) is 36.1 Å². The number of nitrogens with one attached hydrogen (secondary N) is 3. The molecule has 0 spiro atoms. The second kappa shape index (κ2) is 12.2. The maximum Gasteiger partial charge on any atom is 0.226 e. The molecular formula is C19H26ClIN4OS. The van der Waals surface area contributed by atoms with Crippen LogP contribution >= 0.6 is 46.9 Å². The van der Waals surface area contributed by atoms with Crippen LogP contribution in [0.4, 0.5) is 5.69 Å². The van der Waals surface area contributed by atoms with Gasteiger partial charge in [0.25, 0.3) is 0 Å².